The van der Waals surface area contributed by atoms with Crippen LogP contribution in [-0.4, -0.2) is 17.0 Å². The van der Waals surface area contributed by atoms with Gasteiger partial charge in [-0.2, -0.15) is 0 Å². The Kier molecular flexibility index (Phi) is 4.24. The van der Waals surface area contributed by atoms with Crippen LogP contribution in [0.4, 0.5) is 0 Å². The number of hydrogen-bond donors (Lipinski definition) is 0. The first-order chi connectivity index (χ1) is 7.97. The lowest BCUT2D eigenvalue weighted by molar-refractivity contribution is -0.144. The molecule has 0 radical (unpaired) electrons. The normalized spacial score (nSPS) is 51.0. The van der Waals surface area contributed by atoms with Crippen molar-refractivity contribution in [2.24, 2.45) is 17.3 Å². The summed E-state index contributed by atoms with van der Waals surface area (Å²) < 4.78 is 6.39. The Morgan fingerprint density at radius 2 is 1.88 bits per heavy atom. The van der Waals surface area contributed by atoms with Crippen LogP contribution in [0.25, 0.3) is 0 Å². The molecule has 2 aliphatic carbocycles. The van der Waals surface area contributed by atoms with Gasteiger partial charge in [0, 0.05) is 10.2 Å². The van der Waals surface area contributed by atoms with Gasteiger partial charge in [0.25, 0.3) is 0 Å². The minimum Gasteiger partial charge on any atom is -0.374 e. The van der Waals surface area contributed by atoms with Crippen molar-refractivity contribution >= 4 is 15.9 Å². The third-order valence-corrected chi connectivity index (χ3v) is 6.96. The van der Waals surface area contributed by atoms with Crippen LogP contribution in [0.1, 0.15) is 59.8 Å². The number of hydrogen-bond acceptors (Lipinski definition) is 1. The Morgan fingerprint density at radius 1 is 1.18 bits per heavy atom. The van der Waals surface area contributed by atoms with Crippen LogP contribution in [0, 0.1) is 17.3 Å². The maximum atomic E-state index is 6.39. The lowest BCUT2D eigenvalue weighted by atomic mass is 9.65. The van der Waals surface area contributed by atoms with Crippen molar-refractivity contribution in [2.75, 3.05) is 0 Å². The van der Waals surface area contributed by atoms with Crippen LogP contribution in [0.2, 0.25) is 0 Å². The summed E-state index contributed by atoms with van der Waals surface area (Å²) in [6.45, 7) is 9.42. The molecular weight excluding hydrogens is 276 g/mol. The van der Waals surface area contributed by atoms with Gasteiger partial charge >= 0.3 is 0 Å². The number of alkyl halides is 1. The lowest BCUT2D eigenvalue weighted by Gasteiger charge is -2.52. The molecule has 2 aliphatic rings. The average molecular weight is 303 g/mol. The van der Waals surface area contributed by atoms with E-state index in [0.717, 1.165) is 11.8 Å². The Morgan fingerprint density at radius 3 is 2.41 bits per heavy atom. The molecule has 0 aromatic heterocycles. The zero-order valence-electron chi connectivity index (χ0n) is 11.7. The fourth-order valence-corrected chi connectivity index (χ4v) is 4.24. The number of halogens is 1. The zero-order chi connectivity index (χ0) is 12.6. The molecule has 100 valence electrons. The second-order valence-corrected chi connectivity index (χ2v) is 7.68. The molecule has 0 saturated heterocycles. The standard InChI is InChI=1S/C15H27BrO/c1-5-15(4)13(16)9-14(15)17-12-7-6-10(2)11(3)8-12/h10-14H,5-9H2,1-4H3. The minimum atomic E-state index is 0.367. The van der Waals surface area contributed by atoms with Gasteiger partial charge in [0.05, 0.1) is 12.2 Å². The monoisotopic (exact) mass is 302 g/mol. The highest BCUT2D eigenvalue weighted by Crippen LogP contribution is 2.51. The molecule has 0 aromatic rings. The van der Waals surface area contributed by atoms with Gasteiger partial charge in [-0.15, -0.1) is 0 Å². The Labute approximate surface area is 115 Å². The zero-order valence-corrected chi connectivity index (χ0v) is 13.3. The van der Waals surface area contributed by atoms with Crippen molar-refractivity contribution in [3.8, 4) is 0 Å². The van der Waals surface area contributed by atoms with Gasteiger partial charge in [-0.05, 0) is 43.9 Å². The van der Waals surface area contributed by atoms with Crippen molar-refractivity contribution in [2.45, 2.75) is 76.8 Å². The molecular formula is C15H27BrO. The van der Waals surface area contributed by atoms with Gasteiger partial charge in [0.1, 0.15) is 0 Å². The lowest BCUT2D eigenvalue weighted by Crippen LogP contribution is -2.54. The minimum absolute atomic E-state index is 0.367. The van der Waals surface area contributed by atoms with Crippen molar-refractivity contribution in [1.29, 1.82) is 0 Å². The van der Waals surface area contributed by atoms with E-state index in [9.17, 15) is 0 Å². The van der Waals surface area contributed by atoms with Crippen LogP contribution in [-0.2, 0) is 4.74 Å². The molecule has 0 spiro atoms. The highest BCUT2D eigenvalue weighted by atomic mass is 79.9. The molecule has 1 nitrogen and oxygen atoms in total. The predicted octanol–water partition coefficient (Wildman–Crippen LogP) is 4.78. The summed E-state index contributed by atoms with van der Waals surface area (Å²) in [4.78, 5) is 0.657. The molecule has 2 rings (SSSR count). The first kappa shape index (κ1) is 13.9. The summed E-state index contributed by atoms with van der Waals surface area (Å²) >= 11 is 3.79. The summed E-state index contributed by atoms with van der Waals surface area (Å²) in [6, 6.07) is 0. The number of rotatable bonds is 3. The quantitative estimate of drug-likeness (QED) is 0.682. The summed E-state index contributed by atoms with van der Waals surface area (Å²) in [5.74, 6) is 1.72. The fraction of sp³-hybridized carbons (Fsp3) is 1.00. The molecule has 0 heterocycles. The van der Waals surface area contributed by atoms with E-state index in [-0.39, 0.29) is 0 Å². The maximum absolute atomic E-state index is 6.39. The van der Waals surface area contributed by atoms with Crippen molar-refractivity contribution in [3.63, 3.8) is 0 Å². The molecule has 6 atom stereocenters. The van der Waals surface area contributed by atoms with Gasteiger partial charge in [-0.1, -0.05) is 43.6 Å². The summed E-state index contributed by atoms with van der Waals surface area (Å²) in [7, 11) is 0. The van der Waals surface area contributed by atoms with E-state index in [4.69, 9.17) is 4.74 Å². The van der Waals surface area contributed by atoms with Gasteiger partial charge in [0.2, 0.25) is 0 Å². The van der Waals surface area contributed by atoms with E-state index in [2.05, 4.69) is 43.6 Å². The van der Waals surface area contributed by atoms with Crippen molar-refractivity contribution in [1.82, 2.24) is 0 Å². The largest absolute Gasteiger partial charge is 0.374 e. The molecule has 17 heavy (non-hydrogen) atoms. The van der Waals surface area contributed by atoms with E-state index in [1.54, 1.807) is 0 Å². The first-order valence-electron chi connectivity index (χ1n) is 7.27. The summed E-state index contributed by atoms with van der Waals surface area (Å²) in [6.07, 6.45) is 7.31. The topological polar surface area (TPSA) is 9.23 Å². The molecule has 2 saturated carbocycles. The molecule has 0 N–H and O–H groups in total. The third kappa shape index (κ3) is 2.58. The van der Waals surface area contributed by atoms with E-state index >= 15 is 0 Å². The van der Waals surface area contributed by atoms with Crippen LogP contribution < -0.4 is 0 Å². The highest BCUT2D eigenvalue weighted by Gasteiger charge is 2.50. The Balaban J connectivity index is 1.86. The second kappa shape index (κ2) is 5.21. The summed E-state index contributed by atoms with van der Waals surface area (Å²) in [5, 5.41) is 0. The van der Waals surface area contributed by atoms with Crippen LogP contribution in [0.3, 0.4) is 0 Å². The smallest absolute Gasteiger partial charge is 0.0653 e. The van der Waals surface area contributed by atoms with E-state index < -0.39 is 0 Å². The van der Waals surface area contributed by atoms with Crippen molar-refractivity contribution < 1.29 is 4.74 Å². The fourth-order valence-electron chi connectivity index (χ4n) is 3.28. The molecule has 6 unspecified atom stereocenters. The molecule has 0 bridgehead atoms. The highest BCUT2D eigenvalue weighted by molar-refractivity contribution is 9.09. The van der Waals surface area contributed by atoms with E-state index in [1.165, 1.54) is 32.1 Å². The molecule has 0 aromatic carbocycles. The molecule has 0 amide bonds. The van der Waals surface area contributed by atoms with Gasteiger partial charge < -0.3 is 4.74 Å². The van der Waals surface area contributed by atoms with E-state index in [0.29, 0.717) is 22.5 Å². The van der Waals surface area contributed by atoms with Gasteiger partial charge in [0.15, 0.2) is 0 Å². The average Bonchev–Trinajstić information content (AvgIpc) is 2.32. The Hall–Kier alpha value is 0.440. The van der Waals surface area contributed by atoms with Gasteiger partial charge in [-0.3, -0.25) is 0 Å². The maximum Gasteiger partial charge on any atom is 0.0653 e. The number of ether oxygens (including phenoxy) is 1. The van der Waals surface area contributed by atoms with Crippen molar-refractivity contribution in [3.05, 3.63) is 0 Å². The predicted molar refractivity (Wildman–Crippen MR) is 76.6 cm³/mol. The SMILES string of the molecule is CCC1(C)C(Br)CC1OC1CCC(C)C(C)C1. The Bertz CT molecular complexity index is 268. The summed E-state index contributed by atoms with van der Waals surface area (Å²) in [5.41, 5.74) is 0.367. The third-order valence-electron chi connectivity index (χ3n) is 5.54. The second-order valence-electron chi connectivity index (χ2n) is 6.58. The molecule has 0 aliphatic heterocycles. The van der Waals surface area contributed by atoms with E-state index in [1.807, 2.05) is 0 Å². The first-order valence-corrected chi connectivity index (χ1v) is 8.18. The molecule has 2 heteroatoms. The van der Waals surface area contributed by atoms with Crippen LogP contribution >= 0.6 is 15.9 Å². The molecule has 2 fully saturated rings. The van der Waals surface area contributed by atoms with Crippen LogP contribution in [0.15, 0.2) is 0 Å². The van der Waals surface area contributed by atoms with Crippen LogP contribution in [0.5, 0.6) is 0 Å². The van der Waals surface area contributed by atoms with Gasteiger partial charge in [-0.25, -0.2) is 0 Å².